The number of ether oxygens (including phenoxy) is 2. The average molecular weight is 415 g/mol. The standard InChI is InChI=1S/C21H23ClN4O3/c1-12(2)26-20-15(11-24-26)9-16(13(3)25-20)21(27)23-10-14-7-17(22)19-18(8-14)28-5-4-6-29-19/h7-9,11-12H,4-6,10H2,1-3H3,(H,23,27). The van der Waals surface area contributed by atoms with Crippen molar-refractivity contribution in [1.29, 1.82) is 0 Å². The molecule has 0 atom stereocenters. The highest BCUT2D eigenvalue weighted by Crippen LogP contribution is 2.38. The van der Waals surface area contributed by atoms with Gasteiger partial charge in [-0.25, -0.2) is 9.67 Å². The molecule has 1 amide bonds. The Labute approximate surface area is 174 Å². The number of carbonyl (C=O) groups excluding carboxylic acids is 1. The molecule has 2 aromatic heterocycles. The fourth-order valence-corrected chi connectivity index (χ4v) is 3.63. The monoisotopic (exact) mass is 414 g/mol. The molecule has 3 heterocycles. The lowest BCUT2D eigenvalue weighted by Gasteiger charge is -2.13. The summed E-state index contributed by atoms with van der Waals surface area (Å²) in [4.78, 5) is 17.4. The third-order valence-corrected chi connectivity index (χ3v) is 5.09. The smallest absolute Gasteiger partial charge is 0.253 e. The van der Waals surface area contributed by atoms with E-state index in [4.69, 9.17) is 21.1 Å². The molecule has 7 nitrogen and oxygen atoms in total. The number of pyridine rings is 1. The highest BCUT2D eigenvalue weighted by Gasteiger charge is 2.18. The van der Waals surface area contributed by atoms with Crippen molar-refractivity contribution >= 4 is 28.5 Å². The molecule has 152 valence electrons. The first-order valence-electron chi connectivity index (χ1n) is 9.65. The summed E-state index contributed by atoms with van der Waals surface area (Å²) in [6.45, 7) is 7.39. The summed E-state index contributed by atoms with van der Waals surface area (Å²) in [6, 6.07) is 5.67. The Hall–Kier alpha value is -2.80. The number of nitrogens with one attached hydrogen (secondary N) is 1. The van der Waals surface area contributed by atoms with Crippen molar-refractivity contribution in [1.82, 2.24) is 20.1 Å². The molecule has 0 fully saturated rings. The largest absolute Gasteiger partial charge is 0.489 e. The van der Waals surface area contributed by atoms with E-state index in [0.29, 0.717) is 47.5 Å². The second kappa shape index (κ2) is 7.91. The van der Waals surface area contributed by atoms with Crippen LogP contribution >= 0.6 is 11.6 Å². The van der Waals surface area contributed by atoms with E-state index in [1.165, 1.54) is 0 Å². The van der Waals surface area contributed by atoms with Gasteiger partial charge in [0.2, 0.25) is 0 Å². The van der Waals surface area contributed by atoms with Gasteiger partial charge in [0.1, 0.15) is 0 Å². The Morgan fingerprint density at radius 2 is 2.07 bits per heavy atom. The molecular weight excluding hydrogens is 392 g/mol. The van der Waals surface area contributed by atoms with Crippen molar-refractivity contribution in [2.75, 3.05) is 13.2 Å². The van der Waals surface area contributed by atoms with Crippen LogP contribution in [0, 0.1) is 6.92 Å². The van der Waals surface area contributed by atoms with Crippen molar-refractivity contribution in [3.63, 3.8) is 0 Å². The molecule has 3 aromatic rings. The molecule has 29 heavy (non-hydrogen) atoms. The van der Waals surface area contributed by atoms with Crippen LogP contribution in [0.5, 0.6) is 11.5 Å². The number of amides is 1. The number of benzene rings is 1. The van der Waals surface area contributed by atoms with Gasteiger partial charge in [0.25, 0.3) is 5.91 Å². The Morgan fingerprint density at radius 1 is 1.28 bits per heavy atom. The maximum absolute atomic E-state index is 12.8. The quantitative estimate of drug-likeness (QED) is 0.696. The van der Waals surface area contributed by atoms with Gasteiger partial charge in [-0.05, 0) is 44.5 Å². The summed E-state index contributed by atoms with van der Waals surface area (Å²) in [6.07, 6.45) is 2.54. The second-order valence-electron chi connectivity index (χ2n) is 7.36. The van der Waals surface area contributed by atoms with E-state index in [-0.39, 0.29) is 11.9 Å². The molecule has 8 heteroatoms. The second-order valence-corrected chi connectivity index (χ2v) is 7.76. The minimum absolute atomic E-state index is 0.197. The van der Waals surface area contributed by atoms with Crippen molar-refractivity contribution in [3.05, 3.63) is 46.2 Å². The van der Waals surface area contributed by atoms with E-state index in [1.807, 2.05) is 37.6 Å². The summed E-state index contributed by atoms with van der Waals surface area (Å²) < 4.78 is 13.2. The van der Waals surface area contributed by atoms with Crippen LogP contribution in [0.2, 0.25) is 5.02 Å². The number of carbonyl (C=O) groups is 1. The Bertz CT molecular complexity index is 1080. The van der Waals surface area contributed by atoms with Crippen LogP contribution < -0.4 is 14.8 Å². The van der Waals surface area contributed by atoms with Gasteiger partial charge in [0.05, 0.1) is 35.7 Å². The van der Waals surface area contributed by atoms with Gasteiger partial charge >= 0.3 is 0 Å². The van der Waals surface area contributed by atoms with Gasteiger partial charge in [-0.3, -0.25) is 4.79 Å². The zero-order valence-electron chi connectivity index (χ0n) is 16.7. The van der Waals surface area contributed by atoms with Crippen LogP contribution in [0.4, 0.5) is 0 Å². The molecular formula is C21H23ClN4O3. The Morgan fingerprint density at radius 3 is 2.86 bits per heavy atom. The van der Waals surface area contributed by atoms with E-state index in [9.17, 15) is 4.79 Å². The van der Waals surface area contributed by atoms with Crippen LogP contribution in [-0.2, 0) is 6.54 Å². The molecule has 1 aromatic carbocycles. The third-order valence-electron chi connectivity index (χ3n) is 4.81. The molecule has 4 rings (SSSR count). The van der Waals surface area contributed by atoms with Gasteiger partial charge < -0.3 is 14.8 Å². The molecule has 0 saturated carbocycles. The summed E-state index contributed by atoms with van der Waals surface area (Å²) >= 11 is 6.33. The lowest BCUT2D eigenvalue weighted by Crippen LogP contribution is -2.24. The maximum atomic E-state index is 12.8. The van der Waals surface area contributed by atoms with E-state index in [2.05, 4.69) is 15.4 Å². The lowest BCUT2D eigenvalue weighted by atomic mass is 10.1. The zero-order chi connectivity index (χ0) is 20.5. The van der Waals surface area contributed by atoms with Crippen LogP contribution in [0.1, 0.15) is 47.9 Å². The number of hydrogen-bond donors (Lipinski definition) is 1. The van der Waals surface area contributed by atoms with Gasteiger partial charge in [-0.1, -0.05) is 11.6 Å². The van der Waals surface area contributed by atoms with Gasteiger partial charge in [0.15, 0.2) is 17.1 Å². The van der Waals surface area contributed by atoms with Gasteiger partial charge in [-0.2, -0.15) is 5.10 Å². The van der Waals surface area contributed by atoms with Crippen molar-refractivity contribution < 1.29 is 14.3 Å². The fourth-order valence-electron chi connectivity index (χ4n) is 3.34. The maximum Gasteiger partial charge on any atom is 0.253 e. The summed E-state index contributed by atoms with van der Waals surface area (Å²) in [5.41, 5.74) is 2.81. The highest BCUT2D eigenvalue weighted by atomic mass is 35.5. The predicted molar refractivity (Wildman–Crippen MR) is 111 cm³/mol. The van der Waals surface area contributed by atoms with Crippen LogP contribution in [0.25, 0.3) is 11.0 Å². The van der Waals surface area contributed by atoms with E-state index >= 15 is 0 Å². The molecule has 0 spiro atoms. The number of rotatable bonds is 4. The molecule has 0 radical (unpaired) electrons. The third kappa shape index (κ3) is 3.87. The first-order valence-corrected chi connectivity index (χ1v) is 10.0. The topological polar surface area (TPSA) is 78.3 Å². The molecule has 0 saturated heterocycles. The normalized spacial score (nSPS) is 13.6. The van der Waals surface area contributed by atoms with Crippen LogP contribution in [-0.4, -0.2) is 33.9 Å². The fraction of sp³-hybridized carbons (Fsp3) is 0.381. The van der Waals surface area contributed by atoms with Gasteiger partial charge in [-0.15, -0.1) is 0 Å². The number of aryl methyl sites for hydroxylation is 1. The molecule has 1 N–H and O–H groups in total. The zero-order valence-corrected chi connectivity index (χ0v) is 17.4. The van der Waals surface area contributed by atoms with Crippen molar-refractivity contribution in [3.8, 4) is 11.5 Å². The van der Waals surface area contributed by atoms with E-state index in [0.717, 1.165) is 23.0 Å². The lowest BCUT2D eigenvalue weighted by molar-refractivity contribution is 0.0950. The van der Waals surface area contributed by atoms with Gasteiger partial charge in [0, 0.05) is 24.4 Å². The highest BCUT2D eigenvalue weighted by molar-refractivity contribution is 6.32. The minimum Gasteiger partial charge on any atom is -0.489 e. The molecule has 0 bridgehead atoms. The summed E-state index contributed by atoms with van der Waals surface area (Å²) in [7, 11) is 0. The number of fused-ring (bicyclic) bond motifs is 2. The van der Waals surface area contributed by atoms with E-state index in [1.54, 1.807) is 12.3 Å². The number of aromatic nitrogens is 3. The number of halogens is 1. The predicted octanol–water partition coefficient (Wildman–Crippen LogP) is 4.07. The summed E-state index contributed by atoms with van der Waals surface area (Å²) in [5, 5.41) is 8.63. The number of nitrogens with zero attached hydrogens (tertiary/aromatic N) is 3. The summed E-state index contributed by atoms with van der Waals surface area (Å²) in [5.74, 6) is 0.976. The first kappa shape index (κ1) is 19.5. The van der Waals surface area contributed by atoms with Crippen molar-refractivity contribution in [2.24, 2.45) is 0 Å². The van der Waals surface area contributed by atoms with E-state index < -0.39 is 0 Å². The van der Waals surface area contributed by atoms with Crippen LogP contribution in [0.3, 0.4) is 0 Å². The van der Waals surface area contributed by atoms with Crippen LogP contribution in [0.15, 0.2) is 24.4 Å². The minimum atomic E-state index is -0.197. The Balaban J connectivity index is 1.54. The van der Waals surface area contributed by atoms with Crippen molar-refractivity contribution in [2.45, 2.75) is 39.8 Å². The average Bonchev–Trinajstić information content (AvgIpc) is 2.94. The molecule has 0 unspecified atom stereocenters. The SMILES string of the molecule is Cc1nc2c(cnn2C(C)C)cc1C(=O)NCc1cc(Cl)c2c(c1)OCCCO2. The molecule has 0 aliphatic carbocycles. The molecule has 1 aliphatic rings. The number of hydrogen-bond acceptors (Lipinski definition) is 5. The molecule has 1 aliphatic heterocycles. The Kier molecular flexibility index (Phi) is 5.32. The first-order chi connectivity index (χ1) is 13.9.